The fraction of sp³-hybridized carbons (Fsp3) is 0.231. The Morgan fingerprint density at radius 1 is 1.14 bits per heavy atom. The zero-order valence-corrected chi connectivity index (χ0v) is 8.17. The summed E-state index contributed by atoms with van der Waals surface area (Å²) in [7, 11) is 0. The first-order valence-electron chi connectivity index (χ1n) is 6.20. The molecule has 1 N–H and O–H groups in total. The molecule has 0 spiro atoms. The maximum absolute atomic E-state index is 7.15. The molecule has 0 unspecified atom stereocenters. The first-order valence-corrected chi connectivity index (χ1v) is 4.70. The van der Waals surface area contributed by atoms with Gasteiger partial charge in [-0.05, 0) is 35.8 Å². The van der Waals surface area contributed by atoms with Crippen molar-refractivity contribution in [1.82, 2.24) is 5.32 Å². The number of hydrogen-bond donors (Lipinski definition) is 1. The minimum Gasteiger partial charge on any atom is -0.316 e. The van der Waals surface area contributed by atoms with E-state index in [4.69, 9.17) is 4.11 Å². The Bertz CT molecular complexity index is 532. The van der Waals surface area contributed by atoms with Gasteiger partial charge in [0.1, 0.15) is 0 Å². The highest BCUT2D eigenvalue weighted by Gasteiger charge is 2.01. The molecular formula is C13H15N. The average Bonchev–Trinajstić information content (AvgIpc) is 2.27. The number of aryl methyl sites for hydroxylation is 1. The van der Waals surface area contributed by atoms with Gasteiger partial charge in [-0.2, -0.15) is 0 Å². The second-order valence-corrected chi connectivity index (χ2v) is 3.44. The van der Waals surface area contributed by atoms with Crippen LogP contribution in [-0.4, -0.2) is 6.98 Å². The third-order valence-corrected chi connectivity index (χ3v) is 2.51. The van der Waals surface area contributed by atoms with E-state index in [1.165, 1.54) is 10.9 Å². The van der Waals surface area contributed by atoms with Gasteiger partial charge in [0.2, 0.25) is 0 Å². The molecule has 0 amide bonds. The molecule has 1 heteroatoms. The maximum atomic E-state index is 7.15. The van der Waals surface area contributed by atoms with Gasteiger partial charge in [-0.25, -0.2) is 0 Å². The van der Waals surface area contributed by atoms with E-state index in [0.717, 1.165) is 10.9 Å². The molecule has 2 rings (SSSR count). The van der Waals surface area contributed by atoms with E-state index in [1.807, 2.05) is 30.3 Å². The van der Waals surface area contributed by atoms with Gasteiger partial charge < -0.3 is 5.32 Å². The van der Waals surface area contributed by atoms with Crippen LogP contribution in [0.1, 0.15) is 15.2 Å². The van der Waals surface area contributed by atoms with Gasteiger partial charge in [0.05, 0.1) is 0 Å². The third-order valence-electron chi connectivity index (χ3n) is 2.51. The normalized spacial score (nSPS) is 14.8. The first-order chi connectivity index (χ1) is 7.97. The van der Waals surface area contributed by atoms with Gasteiger partial charge in [-0.3, -0.25) is 0 Å². The summed E-state index contributed by atoms with van der Waals surface area (Å²) in [4.78, 5) is 0. The number of fused-ring (bicyclic) bond motifs is 1. The van der Waals surface area contributed by atoms with Crippen LogP contribution in [0.4, 0.5) is 0 Å². The molecule has 2 aromatic rings. The van der Waals surface area contributed by atoms with Crippen molar-refractivity contribution < 1.29 is 4.11 Å². The lowest BCUT2D eigenvalue weighted by Gasteiger charge is -2.07. The van der Waals surface area contributed by atoms with Crippen LogP contribution in [0.15, 0.2) is 36.4 Å². The number of benzene rings is 2. The van der Waals surface area contributed by atoms with Gasteiger partial charge in [0.15, 0.2) is 0 Å². The highest BCUT2D eigenvalue weighted by Crippen LogP contribution is 2.21. The fourth-order valence-electron chi connectivity index (χ4n) is 1.76. The minimum atomic E-state index is -2.09. The molecule has 72 valence electrons. The number of nitrogens with one attached hydrogen (secondary N) is 1. The first kappa shape index (κ1) is 6.20. The molecule has 0 fully saturated rings. The Morgan fingerprint density at radius 3 is 2.71 bits per heavy atom. The van der Waals surface area contributed by atoms with E-state index in [9.17, 15) is 0 Å². The van der Waals surface area contributed by atoms with Crippen LogP contribution in [0.5, 0.6) is 0 Å². The molecule has 0 heterocycles. The Hall–Kier alpha value is -1.34. The average molecular weight is 188 g/mol. The Labute approximate surface area is 89.0 Å². The summed E-state index contributed by atoms with van der Waals surface area (Å²) in [6.45, 7) is 0.326. The number of hydrogen-bond acceptors (Lipinski definition) is 1. The zero-order valence-electron chi connectivity index (χ0n) is 11.2. The van der Waals surface area contributed by atoms with E-state index in [-0.39, 0.29) is 0 Å². The third kappa shape index (κ3) is 1.51. The van der Waals surface area contributed by atoms with Gasteiger partial charge in [0.25, 0.3) is 0 Å². The maximum Gasteiger partial charge on any atom is 0.0391 e. The number of rotatable bonds is 2. The van der Waals surface area contributed by atoms with Crippen LogP contribution in [0.25, 0.3) is 10.8 Å². The molecule has 2 aromatic carbocycles. The second kappa shape index (κ2) is 3.81. The van der Waals surface area contributed by atoms with Crippen molar-refractivity contribution in [2.75, 3.05) is 6.98 Å². The summed E-state index contributed by atoms with van der Waals surface area (Å²) in [5.41, 5.74) is 2.22. The Balaban J connectivity index is 2.38. The van der Waals surface area contributed by atoms with Gasteiger partial charge >= 0.3 is 0 Å². The zero-order chi connectivity index (χ0) is 12.5. The lowest BCUT2D eigenvalue weighted by Crippen LogP contribution is -2.05. The van der Waals surface area contributed by atoms with E-state index in [2.05, 4.69) is 18.3 Å². The summed E-state index contributed by atoms with van der Waals surface area (Å²) >= 11 is 0. The molecule has 0 bridgehead atoms. The smallest absolute Gasteiger partial charge is 0.0391 e. The standard InChI is InChI=1S/C13H15N/c1-10-7-8-11(9-14-2)13-6-4-3-5-12(10)13/h3-8,14H,9H2,1-2H3/i2D3. The van der Waals surface area contributed by atoms with Crippen molar-refractivity contribution in [3.8, 4) is 0 Å². The summed E-state index contributed by atoms with van der Waals surface area (Å²) in [6, 6.07) is 12.1. The van der Waals surface area contributed by atoms with E-state index < -0.39 is 6.98 Å². The summed E-state index contributed by atoms with van der Waals surface area (Å²) < 4.78 is 21.5. The largest absolute Gasteiger partial charge is 0.316 e. The van der Waals surface area contributed by atoms with Gasteiger partial charge in [-0.15, -0.1) is 0 Å². The van der Waals surface area contributed by atoms with Crippen molar-refractivity contribution in [3.63, 3.8) is 0 Å². The molecule has 1 nitrogen and oxygen atoms in total. The van der Waals surface area contributed by atoms with E-state index in [1.54, 1.807) is 0 Å². The molecule has 0 saturated carbocycles. The van der Waals surface area contributed by atoms with Crippen LogP contribution in [0.3, 0.4) is 0 Å². The highest BCUT2D eigenvalue weighted by atomic mass is 14.8. The molecular weight excluding hydrogens is 170 g/mol. The summed E-state index contributed by atoms with van der Waals surface area (Å²) in [6.07, 6.45) is 0. The molecule has 0 saturated heterocycles. The minimum absolute atomic E-state index is 0.358. The molecule has 0 aliphatic carbocycles. The quantitative estimate of drug-likeness (QED) is 0.764. The lowest BCUT2D eigenvalue weighted by molar-refractivity contribution is 0.823. The summed E-state index contributed by atoms with van der Waals surface area (Å²) in [5.74, 6) is 0. The molecule has 0 atom stereocenters. The molecule has 0 aliphatic heterocycles. The van der Waals surface area contributed by atoms with Crippen LogP contribution in [-0.2, 0) is 6.54 Å². The predicted molar refractivity (Wildman–Crippen MR) is 61.4 cm³/mol. The van der Waals surface area contributed by atoms with Crippen molar-refractivity contribution >= 4 is 10.8 Å². The van der Waals surface area contributed by atoms with Gasteiger partial charge in [-0.1, -0.05) is 36.4 Å². The van der Waals surface area contributed by atoms with E-state index in [0.29, 0.717) is 6.54 Å². The van der Waals surface area contributed by atoms with Crippen molar-refractivity contribution in [1.29, 1.82) is 0 Å². The Kier molecular flexibility index (Phi) is 1.69. The molecule has 14 heavy (non-hydrogen) atoms. The Morgan fingerprint density at radius 2 is 1.93 bits per heavy atom. The SMILES string of the molecule is [2H]C([2H])([2H])NCc1ccc(C)c2ccccc12. The van der Waals surface area contributed by atoms with Crippen molar-refractivity contribution in [3.05, 3.63) is 47.5 Å². The van der Waals surface area contributed by atoms with Crippen molar-refractivity contribution in [2.45, 2.75) is 13.5 Å². The predicted octanol–water partition coefficient (Wildman–Crippen LogP) is 2.87. The molecule has 0 aliphatic rings. The monoisotopic (exact) mass is 188 g/mol. The summed E-state index contributed by atoms with van der Waals surface area (Å²) in [5, 5.41) is 4.84. The van der Waals surface area contributed by atoms with Crippen LogP contribution < -0.4 is 5.32 Å². The van der Waals surface area contributed by atoms with Crippen LogP contribution in [0.2, 0.25) is 0 Å². The highest BCUT2D eigenvalue weighted by molar-refractivity contribution is 5.88. The molecule has 0 aromatic heterocycles. The fourth-order valence-corrected chi connectivity index (χ4v) is 1.76. The van der Waals surface area contributed by atoms with Gasteiger partial charge in [0, 0.05) is 10.7 Å². The van der Waals surface area contributed by atoms with E-state index >= 15 is 0 Å². The van der Waals surface area contributed by atoms with Crippen molar-refractivity contribution in [2.24, 2.45) is 0 Å². The lowest BCUT2D eigenvalue weighted by atomic mass is 10.0. The topological polar surface area (TPSA) is 12.0 Å². The van der Waals surface area contributed by atoms with Crippen LogP contribution >= 0.6 is 0 Å². The molecule has 0 radical (unpaired) electrons. The second-order valence-electron chi connectivity index (χ2n) is 3.44. The van der Waals surface area contributed by atoms with Crippen LogP contribution in [0, 0.1) is 6.92 Å².